The molecular weight excluding hydrogens is 205 g/mol. The fourth-order valence-corrected chi connectivity index (χ4v) is 1.75. The number of ether oxygens (including phenoxy) is 1. The standard InChI is InChI=1S/C13H16FNO/c1-10-7-12(14)4-5-13(10)16-9-11-3-2-6-15-8-11/h3-5,7,15H,2,6,8-9H2,1H3. The third kappa shape index (κ3) is 2.83. The lowest BCUT2D eigenvalue weighted by molar-refractivity contribution is 0.342. The molecule has 0 saturated heterocycles. The third-order valence-electron chi connectivity index (χ3n) is 2.66. The normalized spacial score (nSPS) is 15.8. The summed E-state index contributed by atoms with van der Waals surface area (Å²) in [5, 5.41) is 3.29. The minimum atomic E-state index is -0.219. The number of hydrogen-bond donors (Lipinski definition) is 1. The van der Waals surface area contributed by atoms with Crippen molar-refractivity contribution in [3.05, 3.63) is 41.2 Å². The lowest BCUT2D eigenvalue weighted by Gasteiger charge is -2.15. The molecule has 0 atom stereocenters. The van der Waals surface area contributed by atoms with Gasteiger partial charge >= 0.3 is 0 Å². The zero-order valence-corrected chi connectivity index (χ0v) is 9.42. The first-order chi connectivity index (χ1) is 7.75. The van der Waals surface area contributed by atoms with Gasteiger partial charge in [-0.1, -0.05) is 6.08 Å². The summed E-state index contributed by atoms with van der Waals surface area (Å²) >= 11 is 0. The Hall–Kier alpha value is -1.35. The molecule has 16 heavy (non-hydrogen) atoms. The highest BCUT2D eigenvalue weighted by atomic mass is 19.1. The van der Waals surface area contributed by atoms with E-state index in [1.165, 1.54) is 17.7 Å². The van der Waals surface area contributed by atoms with Crippen LogP contribution >= 0.6 is 0 Å². The number of aryl methyl sites for hydroxylation is 1. The van der Waals surface area contributed by atoms with Crippen LogP contribution in [0.1, 0.15) is 12.0 Å². The molecule has 0 spiro atoms. The maximum Gasteiger partial charge on any atom is 0.123 e. The summed E-state index contributed by atoms with van der Waals surface area (Å²) in [6.07, 6.45) is 3.26. The lowest BCUT2D eigenvalue weighted by Crippen LogP contribution is -2.24. The van der Waals surface area contributed by atoms with E-state index in [2.05, 4.69) is 11.4 Å². The highest BCUT2D eigenvalue weighted by Crippen LogP contribution is 2.19. The molecule has 0 radical (unpaired) electrons. The summed E-state index contributed by atoms with van der Waals surface area (Å²) in [7, 11) is 0. The lowest BCUT2D eigenvalue weighted by atomic mass is 10.1. The van der Waals surface area contributed by atoms with Crippen molar-refractivity contribution in [2.75, 3.05) is 19.7 Å². The average molecular weight is 221 g/mol. The zero-order chi connectivity index (χ0) is 11.4. The first kappa shape index (κ1) is 11.1. The Labute approximate surface area is 95.1 Å². The maximum absolute atomic E-state index is 12.9. The molecule has 0 amide bonds. The first-order valence-electron chi connectivity index (χ1n) is 5.53. The molecule has 0 aliphatic carbocycles. The summed E-state index contributed by atoms with van der Waals surface area (Å²) in [6.45, 7) is 4.37. The van der Waals surface area contributed by atoms with Gasteiger partial charge in [-0.3, -0.25) is 0 Å². The van der Waals surface area contributed by atoms with Crippen LogP contribution in [0.2, 0.25) is 0 Å². The Kier molecular flexibility index (Phi) is 3.57. The van der Waals surface area contributed by atoms with Crippen molar-refractivity contribution in [3.63, 3.8) is 0 Å². The molecule has 0 saturated carbocycles. The van der Waals surface area contributed by atoms with Crippen LogP contribution in [0.3, 0.4) is 0 Å². The van der Waals surface area contributed by atoms with E-state index < -0.39 is 0 Å². The minimum absolute atomic E-state index is 0.219. The molecule has 1 aliphatic heterocycles. The largest absolute Gasteiger partial charge is 0.489 e. The van der Waals surface area contributed by atoms with Crippen LogP contribution in [-0.2, 0) is 0 Å². The van der Waals surface area contributed by atoms with Crippen molar-refractivity contribution >= 4 is 0 Å². The van der Waals surface area contributed by atoms with Gasteiger partial charge in [0.1, 0.15) is 18.2 Å². The number of benzene rings is 1. The zero-order valence-electron chi connectivity index (χ0n) is 9.42. The van der Waals surface area contributed by atoms with Gasteiger partial charge in [-0.25, -0.2) is 4.39 Å². The molecule has 2 rings (SSSR count). The third-order valence-corrected chi connectivity index (χ3v) is 2.66. The summed E-state index contributed by atoms with van der Waals surface area (Å²) in [5.41, 5.74) is 2.10. The molecular formula is C13H16FNO. The van der Waals surface area contributed by atoms with Crippen LogP contribution in [0, 0.1) is 12.7 Å². The molecule has 3 heteroatoms. The molecule has 1 aromatic carbocycles. The number of rotatable bonds is 3. The van der Waals surface area contributed by atoms with E-state index in [1.54, 1.807) is 6.07 Å². The van der Waals surface area contributed by atoms with Crippen molar-refractivity contribution in [3.8, 4) is 5.75 Å². The van der Waals surface area contributed by atoms with Crippen LogP contribution < -0.4 is 10.1 Å². The maximum atomic E-state index is 12.9. The van der Waals surface area contributed by atoms with E-state index >= 15 is 0 Å². The van der Waals surface area contributed by atoms with Crippen LogP contribution in [0.15, 0.2) is 29.8 Å². The molecule has 1 N–H and O–H groups in total. The van der Waals surface area contributed by atoms with E-state index in [1.807, 2.05) is 6.92 Å². The topological polar surface area (TPSA) is 21.3 Å². The second-order valence-electron chi connectivity index (χ2n) is 4.03. The number of hydrogen-bond acceptors (Lipinski definition) is 2. The molecule has 0 unspecified atom stereocenters. The van der Waals surface area contributed by atoms with Crippen molar-refractivity contribution in [1.82, 2.24) is 5.32 Å². The summed E-state index contributed by atoms with van der Waals surface area (Å²) in [5.74, 6) is 0.538. The van der Waals surface area contributed by atoms with Gasteiger partial charge in [-0.05, 0) is 49.2 Å². The van der Waals surface area contributed by atoms with Crippen LogP contribution in [0.25, 0.3) is 0 Å². The predicted molar refractivity (Wildman–Crippen MR) is 62.2 cm³/mol. The number of nitrogens with one attached hydrogen (secondary N) is 1. The van der Waals surface area contributed by atoms with E-state index in [9.17, 15) is 4.39 Å². The molecule has 0 bridgehead atoms. The van der Waals surface area contributed by atoms with Crippen molar-refractivity contribution in [1.29, 1.82) is 0 Å². The van der Waals surface area contributed by atoms with Crippen LogP contribution in [-0.4, -0.2) is 19.7 Å². The molecule has 1 aromatic rings. The quantitative estimate of drug-likeness (QED) is 0.791. The second kappa shape index (κ2) is 5.12. The van der Waals surface area contributed by atoms with E-state index in [4.69, 9.17) is 4.74 Å². The SMILES string of the molecule is Cc1cc(F)ccc1OCC1=CCCNC1. The summed E-state index contributed by atoms with van der Waals surface area (Å²) < 4.78 is 18.5. The van der Waals surface area contributed by atoms with Gasteiger partial charge in [0.25, 0.3) is 0 Å². The Morgan fingerprint density at radius 3 is 3.00 bits per heavy atom. The van der Waals surface area contributed by atoms with Crippen LogP contribution in [0.5, 0.6) is 5.75 Å². The van der Waals surface area contributed by atoms with Gasteiger partial charge in [0.15, 0.2) is 0 Å². The smallest absolute Gasteiger partial charge is 0.123 e. The number of halogens is 1. The average Bonchev–Trinajstić information content (AvgIpc) is 2.29. The van der Waals surface area contributed by atoms with Gasteiger partial charge in [0.2, 0.25) is 0 Å². The highest BCUT2D eigenvalue weighted by Gasteiger charge is 2.05. The minimum Gasteiger partial charge on any atom is -0.489 e. The Morgan fingerprint density at radius 2 is 2.31 bits per heavy atom. The fourth-order valence-electron chi connectivity index (χ4n) is 1.75. The Balaban J connectivity index is 1.96. The monoisotopic (exact) mass is 221 g/mol. The molecule has 86 valence electrons. The highest BCUT2D eigenvalue weighted by molar-refractivity contribution is 5.33. The Bertz CT molecular complexity index is 401. The predicted octanol–water partition coefficient (Wildman–Crippen LogP) is 2.43. The van der Waals surface area contributed by atoms with Gasteiger partial charge in [-0.15, -0.1) is 0 Å². The van der Waals surface area contributed by atoms with E-state index in [0.29, 0.717) is 6.61 Å². The van der Waals surface area contributed by atoms with E-state index in [-0.39, 0.29) is 5.82 Å². The van der Waals surface area contributed by atoms with E-state index in [0.717, 1.165) is 30.8 Å². The van der Waals surface area contributed by atoms with Gasteiger partial charge in [0, 0.05) is 6.54 Å². The Morgan fingerprint density at radius 1 is 1.44 bits per heavy atom. The molecule has 1 heterocycles. The summed E-state index contributed by atoms with van der Waals surface area (Å²) in [4.78, 5) is 0. The fraction of sp³-hybridized carbons (Fsp3) is 0.385. The molecule has 1 aliphatic rings. The van der Waals surface area contributed by atoms with Crippen molar-refractivity contribution < 1.29 is 9.13 Å². The summed E-state index contributed by atoms with van der Waals surface area (Å²) in [6, 6.07) is 4.60. The van der Waals surface area contributed by atoms with Gasteiger partial charge in [-0.2, -0.15) is 0 Å². The molecule has 0 aromatic heterocycles. The second-order valence-corrected chi connectivity index (χ2v) is 4.03. The molecule has 0 fully saturated rings. The van der Waals surface area contributed by atoms with Gasteiger partial charge < -0.3 is 10.1 Å². The van der Waals surface area contributed by atoms with Crippen molar-refractivity contribution in [2.24, 2.45) is 0 Å². The van der Waals surface area contributed by atoms with Crippen molar-refractivity contribution in [2.45, 2.75) is 13.3 Å². The molecule has 2 nitrogen and oxygen atoms in total. The van der Waals surface area contributed by atoms with Gasteiger partial charge in [0.05, 0.1) is 0 Å². The van der Waals surface area contributed by atoms with Crippen LogP contribution in [0.4, 0.5) is 4.39 Å². The first-order valence-corrected chi connectivity index (χ1v) is 5.53.